The van der Waals surface area contributed by atoms with Crippen LogP contribution in [0.3, 0.4) is 0 Å². The second kappa shape index (κ2) is 7.48. The first-order chi connectivity index (χ1) is 9.73. The van der Waals surface area contributed by atoms with E-state index in [1.54, 1.807) is 7.11 Å². The van der Waals surface area contributed by atoms with Crippen LogP contribution in [0.5, 0.6) is 0 Å². The molecule has 0 aliphatic carbocycles. The number of amides is 3. The number of hydrogen-bond acceptors (Lipinski definition) is 3. The van der Waals surface area contributed by atoms with Gasteiger partial charge in [-0.25, -0.2) is 4.79 Å². The van der Waals surface area contributed by atoms with Gasteiger partial charge in [0.25, 0.3) is 0 Å². The van der Waals surface area contributed by atoms with Crippen LogP contribution in [0.15, 0.2) is 0 Å². The number of carbonyl (C=O) groups excluding carboxylic acids is 2. The summed E-state index contributed by atoms with van der Waals surface area (Å²) < 4.78 is 41.7. The van der Waals surface area contributed by atoms with Crippen LogP contribution in [-0.2, 0) is 9.53 Å². The Kier molecular flexibility index (Phi) is 6.25. The van der Waals surface area contributed by atoms with E-state index in [0.29, 0.717) is 17.9 Å². The molecular weight excluding hydrogens is 291 g/mol. The van der Waals surface area contributed by atoms with Gasteiger partial charge >= 0.3 is 12.2 Å². The molecule has 1 heterocycles. The number of rotatable bonds is 6. The minimum absolute atomic E-state index is 0.00992. The van der Waals surface area contributed by atoms with Gasteiger partial charge in [-0.05, 0) is 19.8 Å². The Balaban J connectivity index is 2.32. The summed E-state index contributed by atoms with van der Waals surface area (Å²) in [5, 5.41) is 4.92. The number of methoxy groups -OCH3 is 1. The zero-order valence-corrected chi connectivity index (χ0v) is 12.0. The van der Waals surface area contributed by atoms with Gasteiger partial charge in [0.1, 0.15) is 12.6 Å². The van der Waals surface area contributed by atoms with E-state index in [9.17, 15) is 22.8 Å². The summed E-state index contributed by atoms with van der Waals surface area (Å²) in [6.07, 6.45) is -3.66. The van der Waals surface area contributed by atoms with Crippen LogP contribution in [0, 0.1) is 0 Å². The lowest BCUT2D eigenvalue weighted by Gasteiger charge is -2.19. The van der Waals surface area contributed by atoms with Crippen molar-refractivity contribution >= 4 is 11.9 Å². The van der Waals surface area contributed by atoms with Gasteiger partial charge in [-0.1, -0.05) is 0 Å². The molecule has 9 heteroatoms. The van der Waals surface area contributed by atoms with Gasteiger partial charge in [-0.15, -0.1) is 0 Å². The number of nitrogens with zero attached hydrogens (tertiary/aromatic N) is 1. The minimum atomic E-state index is -4.43. The Bertz CT molecular complexity index is 376. The minimum Gasteiger partial charge on any atom is -0.382 e. The largest absolute Gasteiger partial charge is 0.406 e. The number of urea groups is 1. The van der Waals surface area contributed by atoms with E-state index >= 15 is 0 Å². The zero-order chi connectivity index (χ0) is 16.0. The molecule has 21 heavy (non-hydrogen) atoms. The summed E-state index contributed by atoms with van der Waals surface area (Å²) in [4.78, 5) is 24.0. The molecule has 6 nitrogen and oxygen atoms in total. The number of likely N-dealkylation sites (tertiary alicyclic amines) is 1. The number of nitrogens with one attached hydrogen (secondary N) is 2. The average molecular weight is 311 g/mol. The second-order valence-electron chi connectivity index (χ2n) is 4.95. The second-order valence-corrected chi connectivity index (χ2v) is 4.95. The molecule has 0 spiro atoms. The Morgan fingerprint density at radius 2 is 2.19 bits per heavy atom. The van der Waals surface area contributed by atoms with Crippen molar-refractivity contribution in [1.29, 1.82) is 0 Å². The quantitative estimate of drug-likeness (QED) is 0.765. The summed E-state index contributed by atoms with van der Waals surface area (Å²) in [5.74, 6) is -0.701. The smallest absolute Gasteiger partial charge is 0.382 e. The van der Waals surface area contributed by atoms with E-state index in [2.05, 4.69) is 10.6 Å². The number of alkyl halides is 3. The summed E-state index contributed by atoms with van der Waals surface area (Å²) in [6.45, 7) is 0.907. The predicted molar refractivity (Wildman–Crippen MR) is 68.7 cm³/mol. The molecule has 1 fully saturated rings. The summed E-state index contributed by atoms with van der Waals surface area (Å²) in [7, 11) is 1.55. The molecule has 2 atom stereocenters. The highest BCUT2D eigenvalue weighted by molar-refractivity contribution is 5.88. The predicted octanol–water partition coefficient (Wildman–Crippen LogP) is 0.874. The molecule has 0 bridgehead atoms. The molecule has 122 valence electrons. The number of ether oxygens (including phenoxy) is 1. The normalized spacial score (nSPS) is 20.5. The Labute approximate surface area is 121 Å². The first-order valence-corrected chi connectivity index (χ1v) is 6.65. The highest BCUT2D eigenvalue weighted by atomic mass is 19.4. The molecule has 0 aromatic rings. The molecule has 0 aromatic carbocycles. The Morgan fingerprint density at radius 1 is 1.52 bits per heavy atom. The molecule has 1 rings (SSSR count). The molecule has 3 amide bonds. The van der Waals surface area contributed by atoms with Crippen LogP contribution in [-0.4, -0.2) is 61.9 Å². The highest BCUT2D eigenvalue weighted by Crippen LogP contribution is 2.20. The van der Waals surface area contributed by atoms with Gasteiger partial charge in [0.2, 0.25) is 5.91 Å². The average Bonchev–Trinajstić information content (AvgIpc) is 2.69. The van der Waals surface area contributed by atoms with Crippen molar-refractivity contribution in [2.75, 3.05) is 26.7 Å². The molecular formula is C12H20F3N3O3. The highest BCUT2D eigenvalue weighted by Gasteiger charge is 2.39. The standard InChI is InChI=1S/C12H20F3N3O3/c1-8(21-2)3-5-16-11(20)17-9-4-6-18(10(9)19)7-12(13,14)15/h8-9H,3-7H2,1-2H3,(H2,16,17,20)/t8-,9-/m1/s1. The summed E-state index contributed by atoms with van der Waals surface area (Å²) in [6, 6.07) is -1.46. The van der Waals surface area contributed by atoms with E-state index in [1.165, 1.54) is 0 Å². The summed E-state index contributed by atoms with van der Waals surface area (Å²) in [5.41, 5.74) is 0. The SMILES string of the molecule is CO[C@H](C)CCNC(=O)N[C@@H]1CCN(CC(F)(F)F)C1=O. The maximum Gasteiger partial charge on any atom is 0.406 e. The van der Waals surface area contributed by atoms with E-state index in [-0.39, 0.29) is 19.1 Å². The third-order valence-corrected chi connectivity index (χ3v) is 3.21. The van der Waals surface area contributed by atoms with Crippen LogP contribution in [0.25, 0.3) is 0 Å². The van der Waals surface area contributed by atoms with Gasteiger partial charge in [0.05, 0.1) is 6.10 Å². The fourth-order valence-corrected chi connectivity index (χ4v) is 1.96. The van der Waals surface area contributed by atoms with Crippen molar-refractivity contribution < 1.29 is 27.5 Å². The van der Waals surface area contributed by atoms with Crippen molar-refractivity contribution in [1.82, 2.24) is 15.5 Å². The number of carbonyl (C=O) groups is 2. The topological polar surface area (TPSA) is 70.7 Å². The van der Waals surface area contributed by atoms with E-state index in [0.717, 1.165) is 0 Å². The molecule has 2 N–H and O–H groups in total. The van der Waals surface area contributed by atoms with Gasteiger partial charge in [-0.2, -0.15) is 13.2 Å². The first-order valence-electron chi connectivity index (χ1n) is 6.65. The van der Waals surface area contributed by atoms with Crippen LogP contribution in [0.2, 0.25) is 0 Å². The van der Waals surface area contributed by atoms with Crippen LogP contribution in [0.4, 0.5) is 18.0 Å². The molecule has 1 saturated heterocycles. The third kappa shape index (κ3) is 6.19. The van der Waals surface area contributed by atoms with E-state index in [1.807, 2.05) is 6.92 Å². The zero-order valence-electron chi connectivity index (χ0n) is 12.0. The lowest BCUT2D eigenvalue weighted by Crippen LogP contribution is -2.47. The van der Waals surface area contributed by atoms with Crippen molar-refractivity contribution in [2.45, 2.75) is 38.1 Å². The van der Waals surface area contributed by atoms with Crippen molar-refractivity contribution in [3.8, 4) is 0 Å². The Hall–Kier alpha value is -1.51. The molecule has 1 aliphatic rings. The van der Waals surface area contributed by atoms with Crippen LogP contribution >= 0.6 is 0 Å². The maximum atomic E-state index is 12.2. The first kappa shape index (κ1) is 17.5. The van der Waals surface area contributed by atoms with E-state index < -0.39 is 30.7 Å². The van der Waals surface area contributed by atoms with Gasteiger partial charge in [0, 0.05) is 20.2 Å². The van der Waals surface area contributed by atoms with Crippen LogP contribution < -0.4 is 10.6 Å². The third-order valence-electron chi connectivity index (χ3n) is 3.21. The van der Waals surface area contributed by atoms with E-state index in [4.69, 9.17) is 4.74 Å². The lowest BCUT2D eigenvalue weighted by molar-refractivity contribution is -0.157. The summed E-state index contributed by atoms with van der Waals surface area (Å²) >= 11 is 0. The van der Waals surface area contributed by atoms with Gasteiger partial charge in [-0.3, -0.25) is 4.79 Å². The van der Waals surface area contributed by atoms with Crippen LogP contribution in [0.1, 0.15) is 19.8 Å². The molecule has 0 aromatic heterocycles. The molecule has 0 saturated carbocycles. The van der Waals surface area contributed by atoms with Gasteiger partial charge < -0.3 is 20.3 Å². The van der Waals surface area contributed by atoms with Crippen molar-refractivity contribution in [3.63, 3.8) is 0 Å². The Morgan fingerprint density at radius 3 is 2.76 bits per heavy atom. The fourth-order valence-electron chi connectivity index (χ4n) is 1.96. The lowest BCUT2D eigenvalue weighted by atomic mass is 10.2. The monoisotopic (exact) mass is 311 g/mol. The number of hydrogen-bond donors (Lipinski definition) is 2. The fraction of sp³-hybridized carbons (Fsp3) is 0.833. The number of halogens is 3. The molecule has 0 radical (unpaired) electrons. The van der Waals surface area contributed by atoms with Gasteiger partial charge in [0.15, 0.2) is 0 Å². The van der Waals surface area contributed by atoms with Crippen molar-refractivity contribution in [2.24, 2.45) is 0 Å². The molecule has 0 unspecified atom stereocenters. The maximum absolute atomic E-state index is 12.2. The van der Waals surface area contributed by atoms with Crippen molar-refractivity contribution in [3.05, 3.63) is 0 Å². The molecule has 1 aliphatic heterocycles.